The van der Waals surface area contributed by atoms with E-state index in [0.717, 1.165) is 16.8 Å². The monoisotopic (exact) mass is 296 g/mol. The van der Waals surface area contributed by atoms with Crippen LogP contribution in [-0.2, 0) is 9.53 Å². The van der Waals surface area contributed by atoms with Crippen molar-refractivity contribution in [1.29, 1.82) is 0 Å². The van der Waals surface area contributed by atoms with Gasteiger partial charge in [-0.2, -0.15) is 0 Å². The predicted molar refractivity (Wildman–Crippen MR) is 68.2 cm³/mol. The Balaban J connectivity index is 2.32. The minimum atomic E-state index is -1.30. The molecular formula is C10H12N6O5. The molecule has 3 N–H and O–H groups in total. The number of amides is 1. The number of hydrogen-bond acceptors (Lipinski definition) is 6. The van der Waals surface area contributed by atoms with E-state index >= 15 is 0 Å². The molecule has 4 atom stereocenters. The number of nitrogens with zero attached hydrogens (tertiary/aromatic N) is 4. The van der Waals surface area contributed by atoms with Gasteiger partial charge in [-0.15, -0.1) is 0 Å². The third-order valence-corrected chi connectivity index (χ3v) is 3.05. The van der Waals surface area contributed by atoms with Gasteiger partial charge in [-0.1, -0.05) is 5.11 Å². The van der Waals surface area contributed by atoms with Crippen LogP contribution in [0.15, 0.2) is 27.0 Å². The van der Waals surface area contributed by atoms with E-state index in [4.69, 9.17) is 10.3 Å². The van der Waals surface area contributed by atoms with Gasteiger partial charge in [0.15, 0.2) is 6.23 Å². The fourth-order valence-corrected chi connectivity index (χ4v) is 2.12. The van der Waals surface area contributed by atoms with Crippen LogP contribution >= 0.6 is 0 Å². The van der Waals surface area contributed by atoms with E-state index in [-0.39, 0.29) is 6.54 Å². The lowest BCUT2D eigenvalue weighted by Gasteiger charge is -2.16. The minimum Gasteiger partial charge on any atom is -0.388 e. The molecule has 1 fully saturated rings. The highest BCUT2D eigenvalue weighted by molar-refractivity contribution is 5.45. The minimum absolute atomic E-state index is 0.00114. The van der Waals surface area contributed by atoms with Crippen LogP contribution in [0.5, 0.6) is 0 Å². The molecule has 21 heavy (non-hydrogen) atoms. The summed E-state index contributed by atoms with van der Waals surface area (Å²) in [5.74, 6) is 0. The molecule has 1 aliphatic rings. The maximum absolute atomic E-state index is 11.7. The maximum atomic E-state index is 11.7. The van der Waals surface area contributed by atoms with Gasteiger partial charge in [0, 0.05) is 23.7 Å². The molecule has 1 aromatic heterocycles. The van der Waals surface area contributed by atoms with Crippen molar-refractivity contribution >= 4 is 6.41 Å². The lowest BCUT2D eigenvalue weighted by atomic mass is 10.1. The molecule has 1 aromatic rings. The van der Waals surface area contributed by atoms with Crippen LogP contribution in [-0.4, -0.2) is 45.9 Å². The Labute approximate surface area is 116 Å². The normalized spacial score (nSPS) is 27.9. The Kier molecular flexibility index (Phi) is 4.38. The molecule has 2 rings (SSSR count). The first-order valence-electron chi connectivity index (χ1n) is 5.94. The van der Waals surface area contributed by atoms with E-state index in [1.54, 1.807) is 0 Å². The second kappa shape index (κ2) is 6.22. The van der Waals surface area contributed by atoms with Crippen LogP contribution in [0.2, 0.25) is 0 Å². The second-order valence-corrected chi connectivity index (χ2v) is 4.29. The smallest absolute Gasteiger partial charge is 0.330 e. The molecule has 0 radical (unpaired) electrons. The number of aliphatic hydroxyl groups is 1. The molecule has 0 aromatic carbocycles. The number of aromatic amines is 1. The van der Waals surface area contributed by atoms with E-state index in [1.165, 1.54) is 0 Å². The number of rotatable bonds is 5. The molecule has 1 saturated heterocycles. The largest absolute Gasteiger partial charge is 0.388 e. The van der Waals surface area contributed by atoms with Crippen LogP contribution in [0.25, 0.3) is 10.4 Å². The zero-order chi connectivity index (χ0) is 15.4. The van der Waals surface area contributed by atoms with Gasteiger partial charge < -0.3 is 15.2 Å². The molecule has 0 aliphatic carbocycles. The number of aliphatic hydroxyl groups excluding tert-OH is 1. The lowest BCUT2D eigenvalue weighted by Crippen LogP contribution is -2.37. The Morgan fingerprint density at radius 3 is 3.00 bits per heavy atom. The Hall–Kier alpha value is -2.62. The summed E-state index contributed by atoms with van der Waals surface area (Å²) >= 11 is 0. The summed E-state index contributed by atoms with van der Waals surface area (Å²) in [6.07, 6.45) is -1.64. The number of ether oxygens (including phenoxy) is 1. The number of carbonyl (C=O) groups excluding carboxylic acids is 1. The summed E-state index contributed by atoms with van der Waals surface area (Å²) in [4.78, 5) is 37.7. The molecule has 1 unspecified atom stereocenters. The van der Waals surface area contributed by atoms with Gasteiger partial charge in [-0.3, -0.25) is 19.1 Å². The van der Waals surface area contributed by atoms with Crippen LogP contribution in [0.3, 0.4) is 0 Å². The fraction of sp³-hybridized carbons (Fsp3) is 0.500. The van der Waals surface area contributed by atoms with Gasteiger partial charge in [0.05, 0.1) is 12.1 Å². The highest BCUT2D eigenvalue weighted by Gasteiger charge is 2.44. The molecule has 1 aliphatic heterocycles. The summed E-state index contributed by atoms with van der Waals surface area (Å²) < 4.78 is 6.43. The molecule has 112 valence electrons. The molecule has 0 spiro atoms. The number of azide groups is 1. The topological polar surface area (TPSA) is 162 Å². The quantitative estimate of drug-likeness (QED) is 0.253. The average Bonchev–Trinajstić information content (AvgIpc) is 2.75. The molecular weight excluding hydrogens is 284 g/mol. The maximum Gasteiger partial charge on any atom is 0.330 e. The van der Waals surface area contributed by atoms with Gasteiger partial charge in [0.2, 0.25) is 6.41 Å². The third kappa shape index (κ3) is 2.94. The molecule has 0 saturated carbocycles. The van der Waals surface area contributed by atoms with E-state index < -0.39 is 35.7 Å². The fourth-order valence-electron chi connectivity index (χ4n) is 2.12. The number of carbonyl (C=O) groups is 1. The zero-order valence-electron chi connectivity index (χ0n) is 10.6. The summed E-state index contributed by atoms with van der Waals surface area (Å²) in [5.41, 5.74) is 7.16. The number of H-pyrrole nitrogens is 1. The van der Waals surface area contributed by atoms with Crippen molar-refractivity contribution in [1.82, 2.24) is 14.9 Å². The average molecular weight is 296 g/mol. The first kappa shape index (κ1) is 14.8. The second-order valence-electron chi connectivity index (χ2n) is 4.29. The summed E-state index contributed by atoms with van der Waals surface area (Å²) in [5, 5.41) is 15.9. The zero-order valence-corrected chi connectivity index (χ0v) is 10.6. The van der Waals surface area contributed by atoms with Gasteiger partial charge in [0.1, 0.15) is 6.10 Å². The Bertz CT molecular complexity index is 677. The highest BCUT2D eigenvalue weighted by atomic mass is 16.5. The van der Waals surface area contributed by atoms with Crippen LogP contribution in [0.4, 0.5) is 0 Å². The van der Waals surface area contributed by atoms with Crippen molar-refractivity contribution in [2.75, 3.05) is 6.54 Å². The van der Waals surface area contributed by atoms with Crippen molar-refractivity contribution in [3.05, 3.63) is 43.5 Å². The van der Waals surface area contributed by atoms with Crippen LogP contribution in [0, 0.1) is 0 Å². The predicted octanol–water partition coefficient (Wildman–Crippen LogP) is -1.78. The van der Waals surface area contributed by atoms with E-state index in [2.05, 4.69) is 15.3 Å². The van der Waals surface area contributed by atoms with Gasteiger partial charge >= 0.3 is 5.69 Å². The lowest BCUT2D eigenvalue weighted by molar-refractivity contribution is -0.110. The standard InChI is InChI=1S/C10H12N6O5/c11-15-14-7-5(3-12-4-17)21-9(8(7)19)16-2-1-6(18)13-10(16)20/h1-2,4-5,7-9,19H,3H2,(H,12,17)(H,13,18,20)/t5-,7?,8-,9-/m1/s1. The van der Waals surface area contributed by atoms with Crippen LogP contribution in [0.1, 0.15) is 6.23 Å². The highest BCUT2D eigenvalue weighted by Crippen LogP contribution is 2.30. The van der Waals surface area contributed by atoms with E-state index in [0.29, 0.717) is 6.41 Å². The number of nitrogens with one attached hydrogen (secondary N) is 2. The van der Waals surface area contributed by atoms with Gasteiger partial charge in [0.25, 0.3) is 5.56 Å². The van der Waals surface area contributed by atoms with E-state index in [9.17, 15) is 19.5 Å². The first-order valence-corrected chi connectivity index (χ1v) is 5.94. The third-order valence-electron chi connectivity index (χ3n) is 3.05. The number of aromatic nitrogens is 2. The SMILES string of the molecule is [N-]=[N+]=NC1[C@@H](O)[C@H](n2ccc(=O)[nH]c2=O)O[C@@H]1CNC=O. The van der Waals surface area contributed by atoms with E-state index in [1.807, 2.05) is 4.98 Å². The van der Waals surface area contributed by atoms with Crippen LogP contribution < -0.4 is 16.6 Å². The van der Waals surface area contributed by atoms with Crippen molar-refractivity contribution < 1.29 is 14.6 Å². The Morgan fingerprint density at radius 1 is 1.62 bits per heavy atom. The van der Waals surface area contributed by atoms with Gasteiger partial charge in [-0.05, 0) is 5.53 Å². The Morgan fingerprint density at radius 2 is 2.38 bits per heavy atom. The summed E-state index contributed by atoms with van der Waals surface area (Å²) in [6.45, 7) is -0.00114. The van der Waals surface area contributed by atoms with Crippen molar-refractivity contribution in [2.24, 2.45) is 5.11 Å². The molecule has 11 nitrogen and oxygen atoms in total. The van der Waals surface area contributed by atoms with Gasteiger partial charge in [-0.25, -0.2) is 4.79 Å². The van der Waals surface area contributed by atoms with Crippen molar-refractivity contribution in [3.8, 4) is 0 Å². The molecule has 1 amide bonds. The van der Waals surface area contributed by atoms with Crippen molar-refractivity contribution in [2.45, 2.75) is 24.5 Å². The molecule has 2 heterocycles. The first-order chi connectivity index (χ1) is 10.1. The summed E-state index contributed by atoms with van der Waals surface area (Å²) in [6, 6.07) is 0.114. The molecule has 0 bridgehead atoms. The number of hydrogen-bond donors (Lipinski definition) is 3. The summed E-state index contributed by atoms with van der Waals surface area (Å²) in [7, 11) is 0. The van der Waals surface area contributed by atoms with Crippen molar-refractivity contribution in [3.63, 3.8) is 0 Å². The molecule has 11 heteroatoms.